The maximum absolute atomic E-state index is 11.9. The molecule has 5 nitrogen and oxygen atoms in total. The number of amides is 2. The SMILES string of the molecule is CC(=O)NC[C@H]1OC(=O)N2c3ccccc3C[C@@H]12. The van der Waals surface area contributed by atoms with Gasteiger partial charge in [0.25, 0.3) is 0 Å². The molecule has 0 bridgehead atoms. The third-order valence-corrected chi connectivity index (χ3v) is 3.44. The molecule has 1 saturated heterocycles. The van der Waals surface area contributed by atoms with Crippen molar-refractivity contribution < 1.29 is 14.3 Å². The molecule has 0 spiro atoms. The summed E-state index contributed by atoms with van der Waals surface area (Å²) in [5, 5.41) is 2.70. The Morgan fingerprint density at radius 2 is 2.28 bits per heavy atom. The lowest BCUT2D eigenvalue weighted by molar-refractivity contribution is -0.119. The number of fused-ring (bicyclic) bond motifs is 3. The lowest BCUT2D eigenvalue weighted by Crippen LogP contribution is -2.40. The molecule has 94 valence electrons. The smallest absolute Gasteiger partial charge is 0.415 e. The number of cyclic esters (lactones) is 1. The zero-order chi connectivity index (χ0) is 12.7. The highest BCUT2D eigenvalue weighted by Crippen LogP contribution is 2.38. The molecule has 2 amide bonds. The topological polar surface area (TPSA) is 58.6 Å². The highest BCUT2D eigenvalue weighted by molar-refractivity contribution is 5.93. The quantitative estimate of drug-likeness (QED) is 0.849. The predicted octanol–water partition coefficient (Wildman–Crippen LogP) is 1.07. The molecule has 0 radical (unpaired) electrons. The second-order valence-corrected chi connectivity index (χ2v) is 4.63. The van der Waals surface area contributed by atoms with Gasteiger partial charge in [-0.1, -0.05) is 18.2 Å². The van der Waals surface area contributed by atoms with E-state index in [9.17, 15) is 9.59 Å². The number of nitrogens with one attached hydrogen (secondary N) is 1. The van der Waals surface area contributed by atoms with Gasteiger partial charge in [0.05, 0.1) is 18.3 Å². The van der Waals surface area contributed by atoms with Crippen molar-refractivity contribution in [3.8, 4) is 0 Å². The molecule has 2 heterocycles. The van der Waals surface area contributed by atoms with E-state index in [1.807, 2.05) is 24.3 Å². The molecule has 0 aromatic heterocycles. The summed E-state index contributed by atoms with van der Waals surface area (Å²) >= 11 is 0. The van der Waals surface area contributed by atoms with E-state index < -0.39 is 0 Å². The van der Waals surface area contributed by atoms with E-state index in [1.54, 1.807) is 4.90 Å². The number of hydrogen-bond donors (Lipinski definition) is 1. The minimum atomic E-state index is -0.319. The zero-order valence-corrected chi connectivity index (χ0v) is 10.1. The van der Waals surface area contributed by atoms with Crippen LogP contribution in [0.5, 0.6) is 0 Å². The third-order valence-electron chi connectivity index (χ3n) is 3.44. The molecule has 0 unspecified atom stereocenters. The van der Waals surface area contributed by atoms with Crippen LogP contribution in [0.2, 0.25) is 0 Å². The first-order chi connectivity index (χ1) is 8.66. The van der Waals surface area contributed by atoms with Gasteiger partial charge in [0.15, 0.2) is 0 Å². The summed E-state index contributed by atoms with van der Waals surface area (Å²) < 4.78 is 5.31. The fraction of sp³-hybridized carbons (Fsp3) is 0.385. The first-order valence-electron chi connectivity index (χ1n) is 5.99. The van der Waals surface area contributed by atoms with Gasteiger partial charge in [0, 0.05) is 6.92 Å². The Morgan fingerprint density at radius 1 is 1.50 bits per heavy atom. The van der Waals surface area contributed by atoms with Crippen molar-refractivity contribution in [3.05, 3.63) is 29.8 Å². The maximum Gasteiger partial charge on any atom is 0.415 e. The van der Waals surface area contributed by atoms with Crippen molar-refractivity contribution in [3.63, 3.8) is 0 Å². The van der Waals surface area contributed by atoms with Gasteiger partial charge in [-0.2, -0.15) is 0 Å². The van der Waals surface area contributed by atoms with Crippen LogP contribution in [-0.2, 0) is 16.0 Å². The summed E-state index contributed by atoms with van der Waals surface area (Å²) in [5.41, 5.74) is 2.09. The van der Waals surface area contributed by atoms with Crippen molar-refractivity contribution in [2.75, 3.05) is 11.4 Å². The molecule has 2 aliphatic heterocycles. The molecular weight excluding hydrogens is 232 g/mol. The normalized spacial score (nSPS) is 24.5. The van der Waals surface area contributed by atoms with Gasteiger partial charge in [-0.3, -0.25) is 9.69 Å². The molecule has 2 aliphatic rings. The monoisotopic (exact) mass is 246 g/mol. The number of ether oxygens (including phenoxy) is 1. The van der Waals surface area contributed by atoms with E-state index in [-0.39, 0.29) is 24.1 Å². The number of para-hydroxylation sites is 1. The lowest BCUT2D eigenvalue weighted by atomic mass is 10.1. The van der Waals surface area contributed by atoms with Gasteiger partial charge in [-0.25, -0.2) is 4.79 Å². The largest absolute Gasteiger partial charge is 0.442 e. The molecule has 2 atom stereocenters. The van der Waals surface area contributed by atoms with Gasteiger partial charge >= 0.3 is 6.09 Å². The number of carbonyl (C=O) groups excluding carboxylic acids is 2. The minimum Gasteiger partial charge on any atom is -0.442 e. The van der Waals surface area contributed by atoms with Crippen LogP contribution >= 0.6 is 0 Å². The van der Waals surface area contributed by atoms with Crippen LogP contribution in [0, 0.1) is 0 Å². The Balaban J connectivity index is 1.82. The molecule has 0 saturated carbocycles. The predicted molar refractivity (Wildman–Crippen MR) is 65.4 cm³/mol. The van der Waals surface area contributed by atoms with Crippen LogP contribution in [0.15, 0.2) is 24.3 Å². The van der Waals surface area contributed by atoms with Gasteiger partial charge < -0.3 is 10.1 Å². The first kappa shape index (κ1) is 11.1. The van der Waals surface area contributed by atoms with Gasteiger partial charge in [0.1, 0.15) is 6.10 Å². The highest BCUT2D eigenvalue weighted by atomic mass is 16.6. The van der Waals surface area contributed by atoms with Crippen molar-refractivity contribution in [1.82, 2.24) is 5.32 Å². The molecule has 3 rings (SSSR count). The molecule has 1 aromatic carbocycles. The molecule has 1 N–H and O–H groups in total. The van der Waals surface area contributed by atoms with Crippen LogP contribution in [0.1, 0.15) is 12.5 Å². The summed E-state index contributed by atoms with van der Waals surface area (Å²) in [6.07, 6.45) is 0.195. The fourth-order valence-electron chi connectivity index (χ4n) is 2.63. The van der Waals surface area contributed by atoms with Crippen LogP contribution in [0.25, 0.3) is 0 Å². The van der Waals surface area contributed by atoms with E-state index in [0.717, 1.165) is 17.7 Å². The number of rotatable bonds is 2. The van der Waals surface area contributed by atoms with E-state index in [2.05, 4.69) is 5.32 Å². The average molecular weight is 246 g/mol. The molecule has 18 heavy (non-hydrogen) atoms. The van der Waals surface area contributed by atoms with Gasteiger partial charge in [-0.15, -0.1) is 0 Å². The van der Waals surface area contributed by atoms with Crippen molar-refractivity contribution in [2.45, 2.75) is 25.5 Å². The molecule has 1 aromatic rings. The molecule has 5 heteroatoms. The van der Waals surface area contributed by atoms with E-state index in [0.29, 0.717) is 6.54 Å². The Labute approximate surface area is 105 Å². The summed E-state index contributed by atoms with van der Waals surface area (Å²) in [6, 6.07) is 7.83. The van der Waals surface area contributed by atoms with E-state index in [1.165, 1.54) is 6.92 Å². The number of benzene rings is 1. The number of hydrogen-bond acceptors (Lipinski definition) is 3. The summed E-state index contributed by atoms with van der Waals surface area (Å²) in [5.74, 6) is -0.111. The van der Waals surface area contributed by atoms with Crippen molar-refractivity contribution >= 4 is 17.7 Å². The Hall–Kier alpha value is -2.04. The van der Waals surface area contributed by atoms with Crippen LogP contribution in [0.4, 0.5) is 10.5 Å². The third kappa shape index (κ3) is 1.63. The number of anilines is 1. The number of nitrogens with zero attached hydrogens (tertiary/aromatic N) is 1. The van der Waals surface area contributed by atoms with E-state index >= 15 is 0 Å². The Bertz CT molecular complexity index is 515. The highest BCUT2D eigenvalue weighted by Gasteiger charge is 2.47. The summed E-state index contributed by atoms with van der Waals surface area (Å²) in [7, 11) is 0. The van der Waals surface area contributed by atoms with Crippen molar-refractivity contribution in [2.24, 2.45) is 0 Å². The summed E-state index contributed by atoms with van der Waals surface area (Å²) in [6.45, 7) is 1.83. The van der Waals surface area contributed by atoms with Gasteiger partial charge in [-0.05, 0) is 18.1 Å². The average Bonchev–Trinajstić information content (AvgIpc) is 2.85. The Kier molecular flexibility index (Phi) is 2.47. The van der Waals surface area contributed by atoms with Crippen LogP contribution < -0.4 is 10.2 Å². The van der Waals surface area contributed by atoms with Crippen LogP contribution in [0.3, 0.4) is 0 Å². The second kappa shape index (κ2) is 4.01. The Morgan fingerprint density at radius 3 is 3.06 bits per heavy atom. The summed E-state index contributed by atoms with van der Waals surface area (Å²) in [4.78, 5) is 24.5. The maximum atomic E-state index is 11.9. The standard InChI is InChI=1S/C13H14N2O3/c1-8(16)14-7-12-11-6-9-4-2-3-5-10(9)15(11)13(17)18-12/h2-5,11-12H,6-7H2,1H3,(H,14,16)/t11-,12+/m0/s1. The number of carbonyl (C=O) groups is 2. The second-order valence-electron chi connectivity index (χ2n) is 4.63. The zero-order valence-electron chi connectivity index (χ0n) is 10.1. The van der Waals surface area contributed by atoms with Crippen LogP contribution in [-0.4, -0.2) is 30.7 Å². The lowest BCUT2D eigenvalue weighted by Gasteiger charge is -2.16. The molecular formula is C13H14N2O3. The van der Waals surface area contributed by atoms with Gasteiger partial charge in [0.2, 0.25) is 5.91 Å². The minimum absolute atomic E-state index is 0.00162. The molecule has 1 fully saturated rings. The van der Waals surface area contributed by atoms with Crippen molar-refractivity contribution in [1.29, 1.82) is 0 Å². The molecule has 0 aliphatic carbocycles. The first-order valence-corrected chi connectivity index (χ1v) is 5.99. The fourth-order valence-corrected chi connectivity index (χ4v) is 2.63. The van der Waals surface area contributed by atoms with E-state index in [4.69, 9.17) is 4.74 Å².